The first-order valence-corrected chi connectivity index (χ1v) is 8.67. The molecule has 0 saturated heterocycles. The van der Waals surface area contributed by atoms with Gasteiger partial charge in [0.1, 0.15) is 5.82 Å². The molecule has 128 valence electrons. The summed E-state index contributed by atoms with van der Waals surface area (Å²) < 4.78 is 12.9. The Balaban J connectivity index is 1.74. The zero-order chi connectivity index (χ0) is 18.0. The first-order chi connectivity index (χ1) is 11.9. The van der Waals surface area contributed by atoms with Crippen molar-refractivity contribution in [3.05, 3.63) is 64.3 Å². The molecule has 6 heteroatoms. The summed E-state index contributed by atoms with van der Waals surface area (Å²) in [6.07, 6.45) is 0. The second-order valence-corrected chi connectivity index (χ2v) is 6.76. The number of rotatable bonds is 3. The second kappa shape index (κ2) is 7.03. The highest BCUT2D eigenvalue weighted by Crippen LogP contribution is 2.31. The van der Waals surface area contributed by atoms with Gasteiger partial charge in [0.05, 0.1) is 5.69 Å². The minimum atomic E-state index is -0.412. The SMILES string of the molecule is Cc1cc(C)c(-c2csc(NC(=O)Nc3ccc(F)cc3)n2)c(C)c1. The number of benzene rings is 2. The molecule has 0 aliphatic heterocycles. The highest BCUT2D eigenvalue weighted by molar-refractivity contribution is 7.14. The van der Waals surface area contributed by atoms with Gasteiger partial charge in [-0.25, -0.2) is 14.2 Å². The van der Waals surface area contributed by atoms with Crippen molar-refractivity contribution >= 4 is 28.2 Å². The topological polar surface area (TPSA) is 54.0 Å². The summed E-state index contributed by atoms with van der Waals surface area (Å²) in [5.41, 5.74) is 5.98. The van der Waals surface area contributed by atoms with Crippen LogP contribution in [0.1, 0.15) is 16.7 Å². The summed E-state index contributed by atoms with van der Waals surface area (Å²) in [5.74, 6) is -0.348. The molecule has 2 amide bonds. The van der Waals surface area contributed by atoms with Crippen molar-refractivity contribution in [3.8, 4) is 11.3 Å². The average Bonchev–Trinajstić information content (AvgIpc) is 2.96. The zero-order valence-corrected chi connectivity index (χ0v) is 15.0. The number of carbonyl (C=O) groups is 1. The summed E-state index contributed by atoms with van der Waals surface area (Å²) in [5, 5.41) is 7.79. The standard InChI is InChI=1S/C19H18FN3OS/c1-11-8-12(2)17(13(3)9-11)16-10-25-19(22-16)23-18(24)21-15-6-4-14(20)5-7-15/h4-10H,1-3H3,(H2,21,22,23,24). The fraction of sp³-hybridized carbons (Fsp3) is 0.158. The van der Waals surface area contributed by atoms with E-state index in [-0.39, 0.29) is 5.82 Å². The van der Waals surface area contributed by atoms with E-state index in [1.807, 2.05) is 5.38 Å². The molecular weight excluding hydrogens is 337 g/mol. The Morgan fingerprint density at radius 1 is 1.04 bits per heavy atom. The molecule has 1 heterocycles. The van der Waals surface area contributed by atoms with Gasteiger partial charge in [-0.3, -0.25) is 5.32 Å². The third-order valence-corrected chi connectivity index (χ3v) is 4.52. The first kappa shape index (κ1) is 17.1. The molecule has 0 aliphatic carbocycles. The normalized spacial score (nSPS) is 10.6. The van der Waals surface area contributed by atoms with E-state index in [0.717, 1.165) is 22.4 Å². The van der Waals surface area contributed by atoms with Crippen LogP contribution in [0.5, 0.6) is 0 Å². The van der Waals surface area contributed by atoms with Crippen molar-refractivity contribution < 1.29 is 9.18 Å². The smallest absolute Gasteiger partial charge is 0.308 e. The predicted molar refractivity (Wildman–Crippen MR) is 101 cm³/mol. The van der Waals surface area contributed by atoms with Crippen molar-refractivity contribution in [2.24, 2.45) is 0 Å². The van der Waals surface area contributed by atoms with Crippen LogP contribution in [0.2, 0.25) is 0 Å². The maximum atomic E-state index is 12.9. The molecule has 3 rings (SSSR count). The van der Waals surface area contributed by atoms with Crippen LogP contribution in [-0.2, 0) is 0 Å². The molecule has 0 aliphatic rings. The Morgan fingerprint density at radius 3 is 2.32 bits per heavy atom. The van der Waals surface area contributed by atoms with Gasteiger partial charge in [0, 0.05) is 16.6 Å². The van der Waals surface area contributed by atoms with E-state index in [4.69, 9.17) is 0 Å². The van der Waals surface area contributed by atoms with Gasteiger partial charge in [-0.1, -0.05) is 17.7 Å². The zero-order valence-electron chi connectivity index (χ0n) is 14.2. The Kier molecular flexibility index (Phi) is 4.81. The quantitative estimate of drug-likeness (QED) is 0.650. The van der Waals surface area contributed by atoms with E-state index < -0.39 is 6.03 Å². The molecule has 2 aromatic carbocycles. The Bertz CT molecular complexity index is 896. The summed E-state index contributed by atoms with van der Waals surface area (Å²) >= 11 is 1.36. The molecule has 0 saturated carbocycles. The highest BCUT2D eigenvalue weighted by atomic mass is 32.1. The van der Waals surface area contributed by atoms with E-state index in [9.17, 15) is 9.18 Å². The largest absolute Gasteiger partial charge is 0.325 e. The second-order valence-electron chi connectivity index (χ2n) is 5.90. The molecule has 3 aromatic rings. The fourth-order valence-corrected chi connectivity index (χ4v) is 3.52. The number of thiazole rings is 1. The number of aryl methyl sites for hydroxylation is 3. The minimum absolute atomic E-state index is 0.348. The number of aromatic nitrogens is 1. The molecule has 0 fully saturated rings. The van der Waals surface area contributed by atoms with Crippen LogP contribution in [-0.4, -0.2) is 11.0 Å². The number of hydrogen-bond acceptors (Lipinski definition) is 3. The first-order valence-electron chi connectivity index (χ1n) is 7.79. The molecule has 0 spiro atoms. The predicted octanol–water partition coefficient (Wildman–Crippen LogP) is 5.52. The average molecular weight is 355 g/mol. The summed E-state index contributed by atoms with van der Waals surface area (Å²) in [6, 6.07) is 9.42. The van der Waals surface area contributed by atoms with Gasteiger partial charge >= 0.3 is 6.03 Å². The van der Waals surface area contributed by atoms with Crippen molar-refractivity contribution in [2.75, 3.05) is 10.6 Å². The van der Waals surface area contributed by atoms with E-state index in [1.165, 1.54) is 41.2 Å². The molecule has 2 N–H and O–H groups in total. The third-order valence-electron chi connectivity index (χ3n) is 3.76. The molecular formula is C19H18FN3OS. The van der Waals surface area contributed by atoms with Crippen LogP contribution in [0.25, 0.3) is 11.3 Å². The lowest BCUT2D eigenvalue weighted by Crippen LogP contribution is -2.19. The van der Waals surface area contributed by atoms with Crippen LogP contribution in [0, 0.1) is 26.6 Å². The van der Waals surface area contributed by atoms with Gasteiger partial charge in [-0.2, -0.15) is 0 Å². The van der Waals surface area contributed by atoms with E-state index in [2.05, 4.69) is 48.5 Å². The van der Waals surface area contributed by atoms with E-state index in [1.54, 1.807) is 0 Å². The van der Waals surface area contributed by atoms with Gasteiger partial charge in [0.25, 0.3) is 0 Å². The number of nitrogens with zero attached hydrogens (tertiary/aromatic N) is 1. The Hall–Kier alpha value is -2.73. The summed E-state index contributed by atoms with van der Waals surface area (Å²) in [7, 11) is 0. The van der Waals surface area contributed by atoms with Crippen LogP contribution < -0.4 is 10.6 Å². The van der Waals surface area contributed by atoms with E-state index >= 15 is 0 Å². The maximum Gasteiger partial charge on any atom is 0.325 e. The number of carbonyl (C=O) groups excluding carboxylic acids is 1. The lowest BCUT2D eigenvalue weighted by atomic mass is 9.98. The number of anilines is 2. The van der Waals surface area contributed by atoms with Crippen molar-refractivity contribution in [2.45, 2.75) is 20.8 Å². The maximum absolute atomic E-state index is 12.9. The molecule has 0 unspecified atom stereocenters. The van der Waals surface area contributed by atoms with Gasteiger partial charge in [0.15, 0.2) is 5.13 Å². The fourth-order valence-electron chi connectivity index (χ4n) is 2.82. The van der Waals surface area contributed by atoms with Crippen LogP contribution in [0.15, 0.2) is 41.8 Å². The summed E-state index contributed by atoms with van der Waals surface area (Å²) in [6.45, 7) is 6.18. The lowest BCUT2D eigenvalue weighted by molar-refractivity contribution is 0.262. The van der Waals surface area contributed by atoms with Crippen LogP contribution >= 0.6 is 11.3 Å². The Morgan fingerprint density at radius 2 is 1.68 bits per heavy atom. The number of amides is 2. The summed E-state index contributed by atoms with van der Waals surface area (Å²) in [4.78, 5) is 16.6. The molecule has 0 bridgehead atoms. The highest BCUT2D eigenvalue weighted by Gasteiger charge is 2.12. The third kappa shape index (κ3) is 4.03. The van der Waals surface area contributed by atoms with Crippen molar-refractivity contribution in [1.82, 2.24) is 4.98 Å². The lowest BCUT2D eigenvalue weighted by Gasteiger charge is -2.09. The van der Waals surface area contributed by atoms with E-state index in [0.29, 0.717) is 10.8 Å². The van der Waals surface area contributed by atoms with Gasteiger partial charge in [0.2, 0.25) is 0 Å². The van der Waals surface area contributed by atoms with Gasteiger partial charge < -0.3 is 5.32 Å². The number of hydrogen-bond donors (Lipinski definition) is 2. The molecule has 4 nitrogen and oxygen atoms in total. The minimum Gasteiger partial charge on any atom is -0.308 e. The van der Waals surface area contributed by atoms with Crippen molar-refractivity contribution in [1.29, 1.82) is 0 Å². The van der Waals surface area contributed by atoms with Crippen molar-refractivity contribution in [3.63, 3.8) is 0 Å². The van der Waals surface area contributed by atoms with Crippen LogP contribution in [0.3, 0.4) is 0 Å². The number of urea groups is 1. The van der Waals surface area contributed by atoms with Gasteiger partial charge in [-0.05, 0) is 56.2 Å². The monoisotopic (exact) mass is 355 g/mol. The molecule has 25 heavy (non-hydrogen) atoms. The molecule has 0 radical (unpaired) electrons. The number of halogens is 1. The van der Waals surface area contributed by atoms with Crippen LogP contribution in [0.4, 0.5) is 20.0 Å². The van der Waals surface area contributed by atoms with Gasteiger partial charge in [-0.15, -0.1) is 11.3 Å². The molecule has 0 atom stereocenters. The molecule has 1 aromatic heterocycles. The Labute approximate surface area is 149 Å². The number of nitrogens with one attached hydrogen (secondary N) is 2.